The second-order valence-corrected chi connectivity index (χ2v) is 7.07. The Morgan fingerprint density at radius 3 is 2.74 bits per heavy atom. The molecule has 4 rings (SSSR count). The molecular formula is C21H22N4O2. The zero-order valence-electron chi connectivity index (χ0n) is 14.9. The highest BCUT2D eigenvalue weighted by molar-refractivity contribution is 6.00. The minimum atomic E-state index is -0.144. The summed E-state index contributed by atoms with van der Waals surface area (Å²) >= 11 is 0. The number of nitrogens with zero attached hydrogens (tertiary/aromatic N) is 2. The molecule has 6 nitrogen and oxygen atoms in total. The van der Waals surface area contributed by atoms with Crippen LogP contribution in [0.15, 0.2) is 54.7 Å². The third kappa shape index (κ3) is 3.69. The topological polar surface area (TPSA) is 88.3 Å². The number of benzene rings is 1. The number of anilines is 2. The zero-order chi connectivity index (χ0) is 18.8. The van der Waals surface area contributed by atoms with E-state index >= 15 is 0 Å². The van der Waals surface area contributed by atoms with Crippen molar-refractivity contribution in [3.63, 3.8) is 0 Å². The number of piperidine rings is 1. The van der Waals surface area contributed by atoms with Gasteiger partial charge >= 0.3 is 0 Å². The first-order valence-electron chi connectivity index (χ1n) is 9.17. The van der Waals surface area contributed by atoms with Crippen molar-refractivity contribution >= 4 is 29.4 Å². The second-order valence-electron chi connectivity index (χ2n) is 7.07. The maximum Gasteiger partial charge on any atom is 0.244 e. The number of nitrogens with one attached hydrogen (secondary N) is 1. The summed E-state index contributed by atoms with van der Waals surface area (Å²) in [6.45, 7) is 1.37. The van der Waals surface area contributed by atoms with E-state index in [9.17, 15) is 9.59 Å². The van der Waals surface area contributed by atoms with Gasteiger partial charge in [0.15, 0.2) is 0 Å². The molecular weight excluding hydrogens is 340 g/mol. The van der Waals surface area contributed by atoms with Crippen LogP contribution in [0.25, 0.3) is 6.08 Å². The van der Waals surface area contributed by atoms with E-state index in [1.165, 1.54) is 6.08 Å². The molecule has 2 amide bonds. The summed E-state index contributed by atoms with van der Waals surface area (Å²) in [6, 6.07) is 13.3. The minimum absolute atomic E-state index is 0.124. The van der Waals surface area contributed by atoms with Crippen LogP contribution in [-0.4, -0.2) is 29.9 Å². The number of amides is 2. The van der Waals surface area contributed by atoms with Gasteiger partial charge in [-0.15, -0.1) is 0 Å². The Balaban J connectivity index is 1.21. The SMILES string of the molecule is Nc1ccc(/C=C/C(=O)NCC[C@@H]2[C@H]3CN(c4ccccc4)C(=O)[C@@H]23)cn1. The van der Waals surface area contributed by atoms with E-state index in [0.717, 1.165) is 24.2 Å². The van der Waals surface area contributed by atoms with Crippen molar-refractivity contribution in [3.05, 3.63) is 60.3 Å². The molecule has 2 heterocycles. The lowest BCUT2D eigenvalue weighted by atomic mass is 10.1. The number of nitrogens with two attached hydrogens (primary N) is 1. The largest absolute Gasteiger partial charge is 0.384 e. The molecule has 1 aromatic carbocycles. The van der Waals surface area contributed by atoms with Crippen LogP contribution < -0.4 is 16.0 Å². The minimum Gasteiger partial charge on any atom is -0.384 e. The van der Waals surface area contributed by atoms with Crippen LogP contribution in [-0.2, 0) is 9.59 Å². The van der Waals surface area contributed by atoms with Gasteiger partial charge < -0.3 is 16.0 Å². The summed E-state index contributed by atoms with van der Waals surface area (Å²) in [5.41, 5.74) is 7.33. The number of carbonyl (C=O) groups is 2. The highest BCUT2D eigenvalue weighted by atomic mass is 16.2. The van der Waals surface area contributed by atoms with Crippen LogP contribution in [0.5, 0.6) is 0 Å². The molecule has 3 N–H and O–H groups in total. The highest BCUT2D eigenvalue weighted by Crippen LogP contribution is 2.54. The van der Waals surface area contributed by atoms with E-state index in [1.807, 2.05) is 41.3 Å². The first-order chi connectivity index (χ1) is 13.1. The highest BCUT2D eigenvalue weighted by Gasteiger charge is 2.60. The number of hydrogen-bond donors (Lipinski definition) is 2. The van der Waals surface area contributed by atoms with Crippen molar-refractivity contribution in [3.8, 4) is 0 Å². The van der Waals surface area contributed by atoms with Gasteiger partial charge in [-0.3, -0.25) is 9.59 Å². The van der Waals surface area contributed by atoms with Crippen LogP contribution in [0.3, 0.4) is 0 Å². The Morgan fingerprint density at radius 1 is 1.26 bits per heavy atom. The molecule has 1 saturated heterocycles. The van der Waals surface area contributed by atoms with Gasteiger partial charge in [-0.05, 0) is 54.2 Å². The molecule has 6 heteroatoms. The van der Waals surface area contributed by atoms with E-state index in [0.29, 0.717) is 24.2 Å². The predicted octanol–water partition coefficient (Wildman–Crippen LogP) is 2.09. The van der Waals surface area contributed by atoms with E-state index in [1.54, 1.807) is 18.3 Å². The van der Waals surface area contributed by atoms with Gasteiger partial charge in [0.05, 0.1) is 0 Å². The Morgan fingerprint density at radius 2 is 2.07 bits per heavy atom. The molecule has 1 aromatic heterocycles. The Bertz CT molecular complexity index is 864. The number of para-hydroxylation sites is 1. The lowest BCUT2D eigenvalue weighted by molar-refractivity contribution is -0.119. The van der Waals surface area contributed by atoms with E-state index in [2.05, 4.69) is 10.3 Å². The molecule has 0 spiro atoms. The average Bonchev–Trinajstić information content (AvgIpc) is 3.26. The van der Waals surface area contributed by atoms with Gasteiger partial charge in [0.25, 0.3) is 0 Å². The maximum absolute atomic E-state index is 12.6. The summed E-state index contributed by atoms with van der Waals surface area (Å²) in [7, 11) is 0. The third-order valence-electron chi connectivity index (χ3n) is 5.36. The second kappa shape index (κ2) is 7.23. The molecule has 2 aromatic rings. The lowest BCUT2D eigenvalue weighted by Crippen LogP contribution is -2.30. The smallest absolute Gasteiger partial charge is 0.244 e. The van der Waals surface area contributed by atoms with E-state index in [4.69, 9.17) is 5.73 Å². The van der Waals surface area contributed by atoms with E-state index < -0.39 is 0 Å². The predicted molar refractivity (Wildman–Crippen MR) is 105 cm³/mol. The molecule has 27 heavy (non-hydrogen) atoms. The summed E-state index contributed by atoms with van der Waals surface area (Å²) < 4.78 is 0. The molecule has 0 unspecified atom stereocenters. The number of pyridine rings is 1. The Labute approximate surface area is 158 Å². The monoisotopic (exact) mass is 362 g/mol. The molecule has 1 saturated carbocycles. The molecule has 2 fully saturated rings. The van der Waals surface area contributed by atoms with Crippen LogP contribution >= 0.6 is 0 Å². The molecule has 138 valence electrons. The molecule has 1 aliphatic heterocycles. The lowest BCUT2D eigenvalue weighted by Gasteiger charge is -2.20. The van der Waals surface area contributed by atoms with Gasteiger partial charge in [-0.25, -0.2) is 4.98 Å². The van der Waals surface area contributed by atoms with Gasteiger partial charge in [0, 0.05) is 37.0 Å². The fourth-order valence-electron chi connectivity index (χ4n) is 3.88. The fraction of sp³-hybridized carbons (Fsp3) is 0.286. The van der Waals surface area contributed by atoms with Crippen molar-refractivity contribution in [1.29, 1.82) is 0 Å². The van der Waals surface area contributed by atoms with Crippen LogP contribution in [0.4, 0.5) is 11.5 Å². The van der Waals surface area contributed by atoms with Gasteiger partial charge in [0.1, 0.15) is 5.82 Å². The Kier molecular flexibility index (Phi) is 4.62. The molecule has 2 aliphatic rings. The van der Waals surface area contributed by atoms with Gasteiger partial charge in [0.2, 0.25) is 11.8 Å². The molecule has 0 bridgehead atoms. The summed E-state index contributed by atoms with van der Waals surface area (Å²) in [5.74, 6) is 1.47. The molecule has 3 atom stereocenters. The number of hydrogen-bond acceptors (Lipinski definition) is 4. The number of fused-ring (bicyclic) bond motifs is 1. The first kappa shape index (κ1) is 17.3. The van der Waals surface area contributed by atoms with Gasteiger partial charge in [-0.1, -0.05) is 18.2 Å². The standard InChI is InChI=1S/C21H22N4O2/c22-18-8-6-14(12-24-18)7-9-19(26)23-11-10-16-17-13-25(21(27)20(16)17)15-4-2-1-3-5-15/h1-9,12,16-17,20H,10-11,13H2,(H2,22,24)(H,23,26)/b9-7+/t16-,17-,20+/m1/s1. The summed E-state index contributed by atoms with van der Waals surface area (Å²) in [4.78, 5) is 30.3. The van der Waals surface area contributed by atoms with Crippen molar-refractivity contribution in [2.45, 2.75) is 6.42 Å². The van der Waals surface area contributed by atoms with Crippen LogP contribution in [0.1, 0.15) is 12.0 Å². The Hall–Kier alpha value is -3.15. The number of carbonyl (C=O) groups excluding carboxylic acids is 2. The third-order valence-corrected chi connectivity index (χ3v) is 5.36. The van der Waals surface area contributed by atoms with Crippen molar-refractivity contribution in [1.82, 2.24) is 10.3 Å². The quantitative estimate of drug-likeness (QED) is 0.770. The van der Waals surface area contributed by atoms with Crippen molar-refractivity contribution in [2.24, 2.45) is 17.8 Å². The van der Waals surface area contributed by atoms with Crippen molar-refractivity contribution < 1.29 is 9.59 Å². The van der Waals surface area contributed by atoms with E-state index in [-0.39, 0.29) is 17.7 Å². The molecule has 0 radical (unpaired) electrons. The number of rotatable bonds is 6. The summed E-state index contributed by atoms with van der Waals surface area (Å²) in [5, 5.41) is 2.89. The fourth-order valence-corrected chi connectivity index (χ4v) is 3.88. The normalized spacial score (nSPS) is 23.5. The van der Waals surface area contributed by atoms with Gasteiger partial charge in [-0.2, -0.15) is 0 Å². The number of nitrogen functional groups attached to an aromatic ring is 1. The maximum atomic E-state index is 12.6. The first-order valence-corrected chi connectivity index (χ1v) is 9.17. The van der Waals surface area contributed by atoms with Crippen LogP contribution in [0, 0.1) is 17.8 Å². The average molecular weight is 362 g/mol. The van der Waals surface area contributed by atoms with Crippen molar-refractivity contribution in [2.75, 3.05) is 23.7 Å². The zero-order valence-corrected chi connectivity index (χ0v) is 14.9. The number of aromatic nitrogens is 1. The summed E-state index contributed by atoms with van der Waals surface area (Å²) in [6.07, 6.45) is 5.65. The van der Waals surface area contributed by atoms with Crippen LogP contribution in [0.2, 0.25) is 0 Å². The molecule has 1 aliphatic carbocycles.